The third kappa shape index (κ3) is 6.23. The van der Waals surface area contributed by atoms with Gasteiger partial charge in [0.15, 0.2) is 0 Å². The fraction of sp³-hybridized carbons (Fsp3) is 0.417. The monoisotopic (exact) mass is 324 g/mol. The van der Waals surface area contributed by atoms with Crippen LogP contribution in [0.4, 0.5) is 13.2 Å². The van der Waals surface area contributed by atoms with E-state index in [9.17, 15) is 22.2 Å². The summed E-state index contributed by atoms with van der Waals surface area (Å²) in [4.78, 5) is 11.3. The number of carbonyl (C=O) groups is 1. The molecule has 0 aliphatic carbocycles. The first-order valence-corrected chi connectivity index (χ1v) is 7.68. The minimum absolute atomic E-state index is 0.0393. The highest BCUT2D eigenvalue weighted by molar-refractivity contribution is 7.91. The molecule has 0 saturated heterocycles. The smallest absolute Gasteiger partial charge is 0.367 e. The van der Waals surface area contributed by atoms with E-state index in [-0.39, 0.29) is 12.4 Å². The van der Waals surface area contributed by atoms with Crippen molar-refractivity contribution >= 4 is 15.8 Å². The van der Waals surface area contributed by atoms with Gasteiger partial charge in [-0.3, -0.25) is 4.79 Å². The predicted octanol–water partition coefficient (Wildman–Crippen LogP) is 2.11. The number of rotatable bonds is 5. The minimum atomic E-state index is -4.39. The third-order valence-electron chi connectivity index (χ3n) is 2.45. The van der Waals surface area contributed by atoms with Crippen molar-refractivity contribution in [2.24, 2.45) is 9.50 Å². The molecule has 2 N–H and O–H groups in total. The van der Waals surface area contributed by atoms with Crippen molar-refractivity contribution < 1.29 is 26.9 Å². The number of hydrogen-bond acceptors (Lipinski definition) is 3. The van der Waals surface area contributed by atoms with E-state index in [2.05, 4.69) is 4.36 Å². The van der Waals surface area contributed by atoms with E-state index < -0.39 is 34.2 Å². The topological polar surface area (TPSA) is 81.8 Å². The van der Waals surface area contributed by atoms with E-state index in [1.165, 1.54) is 19.1 Å². The molecule has 1 rings (SSSR count). The normalized spacial score (nSPS) is 14.5. The highest BCUT2D eigenvalue weighted by Crippen LogP contribution is 2.29. The Morgan fingerprint density at radius 1 is 1.33 bits per heavy atom. The van der Waals surface area contributed by atoms with E-state index in [1.807, 2.05) is 0 Å². The van der Waals surface area contributed by atoms with Crippen LogP contribution in [-0.4, -0.2) is 22.5 Å². The molecule has 1 aromatic carbocycles. The Labute approximate surface area is 120 Å². The van der Waals surface area contributed by atoms with Gasteiger partial charge in [-0.2, -0.15) is 13.2 Å². The molecule has 21 heavy (non-hydrogen) atoms. The van der Waals surface area contributed by atoms with Gasteiger partial charge in [0.1, 0.15) is 16.5 Å². The molecular weight excluding hydrogens is 309 g/mol. The Morgan fingerprint density at radius 2 is 1.90 bits per heavy atom. The molecule has 1 amide bonds. The summed E-state index contributed by atoms with van der Waals surface area (Å²) in [7, 11) is -3.02. The number of amides is 1. The van der Waals surface area contributed by atoms with E-state index in [0.717, 1.165) is 12.1 Å². The second-order valence-electron chi connectivity index (χ2n) is 4.15. The van der Waals surface area contributed by atoms with Gasteiger partial charge in [0.05, 0.1) is 12.2 Å². The van der Waals surface area contributed by atoms with Gasteiger partial charge >= 0.3 is 6.18 Å². The number of nitrogens with zero attached hydrogens (tertiary/aromatic N) is 1. The predicted molar refractivity (Wildman–Crippen MR) is 71.4 cm³/mol. The third-order valence-corrected chi connectivity index (χ3v) is 3.79. The minimum Gasteiger partial charge on any atom is -0.367 e. The summed E-state index contributed by atoms with van der Waals surface area (Å²) in [5.41, 5.74) is -0.289. The summed E-state index contributed by atoms with van der Waals surface area (Å²) < 4.78 is 56.7. The molecule has 1 atom stereocenters. The molecule has 0 radical (unpaired) electrons. The molecule has 118 valence electrons. The largest absolute Gasteiger partial charge is 0.416 e. The molecule has 1 unspecified atom stereocenters. The van der Waals surface area contributed by atoms with Crippen molar-refractivity contribution in [2.75, 3.05) is 12.4 Å². The van der Waals surface area contributed by atoms with Crippen LogP contribution in [-0.2, 0) is 32.2 Å². The van der Waals surface area contributed by atoms with Crippen LogP contribution in [0.3, 0.4) is 0 Å². The first kappa shape index (κ1) is 17.6. The second-order valence-corrected chi connectivity index (χ2v) is 6.29. The van der Waals surface area contributed by atoms with Crippen molar-refractivity contribution in [3.63, 3.8) is 0 Å². The van der Waals surface area contributed by atoms with Gasteiger partial charge in [-0.05, 0) is 17.7 Å². The lowest BCUT2D eigenvalue weighted by Crippen LogP contribution is -2.18. The molecule has 0 spiro atoms. The van der Waals surface area contributed by atoms with Gasteiger partial charge in [-0.1, -0.05) is 19.1 Å². The number of carbonyl (C=O) groups excluding carboxylic acids is 1. The molecule has 0 heterocycles. The Balaban J connectivity index is 2.52. The van der Waals surface area contributed by atoms with Crippen molar-refractivity contribution in [2.45, 2.75) is 19.7 Å². The average molecular weight is 324 g/mol. The molecule has 0 aromatic heterocycles. The lowest BCUT2D eigenvalue weighted by molar-refractivity contribution is -0.137. The number of alkyl halides is 3. The quantitative estimate of drug-likeness (QED) is 0.900. The first-order chi connectivity index (χ1) is 9.64. The van der Waals surface area contributed by atoms with Gasteiger partial charge in [-0.25, -0.2) is 9.35 Å². The molecule has 9 heteroatoms. The van der Waals surface area contributed by atoms with Crippen LogP contribution >= 0.6 is 0 Å². The zero-order chi connectivity index (χ0) is 16.1. The average Bonchev–Trinajstić information content (AvgIpc) is 2.37. The van der Waals surface area contributed by atoms with Gasteiger partial charge in [0.25, 0.3) is 5.91 Å². The summed E-state index contributed by atoms with van der Waals surface area (Å²) in [6.07, 6.45) is -4.39. The van der Waals surface area contributed by atoms with Crippen molar-refractivity contribution in [3.05, 3.63) is 35.4 Å². The number of halogens is 3. The van der Waals surface area contributed by atoms with Gasteiger partial charge in [-0.15, -0.1) is 4.36 Å². The van der Waals surface area contributed by atoms with Crippen molar-refractivity contribution in [3.8, 4) is 0 Å². The maximum Gasteiger partial charge on any atom is 0.416 e. The van der Waals surface area contributed by atoms with E-state index >= 15 is 0 Å². The molecule has 5 nitrogen and oxygen atoms in total. The SMILES string of the molecule is CCS(N)(=O)=NC(=O)COCc1ccc(C(F)(F)F)cc1. The molecular formula is C12H15F3N2O3S. The maximum atomic E-state index is 12.3. The van der Waals surface area contributed by atoms with Crippen LogP contribution < -0.4 is 5.14 Å². The van der Waals surface area contributed by atoms with Crippen LogP contribution in [0.2, 0.25) is 0 Å². The summed E-state index contributed by atoms with van der Waals surface area (Å²) in [6.45, 7) is 1.04. The molecule has 0 bridgehead atoms. The molecule has 0 saturated carbocycles. The van der Waals surface area contributed by atoms with Gasteiger partial charge in [0, 0.05) is 5.75 Å². The van der Waals surface area contributed by atoms with E-state index in [0.29, 0.717) is 5.56 Å². The Morgan fingerprint density at radius 3 is 2.38 bits per heavy atom. The number of benzene rings is 1. The summed E-state index contributed by atoms with van der Waals surface area (Å²) in [5, 5.41) is 5.24. The first-order valence-electron chi connectivity index (χ1n) is 5.93. The number of ether oxygens (including phenoxy) is 1. The van der Waals surface area contributed by atoms with Crippen LogP contribution in [0.5, 0.6) is 0 Å². The molecule has 1 aromatic rings. The summed E-state index contributed by atoms with van der Waals surface area (Å²) in [5.74, 6) is -0.728. The molecule has 0 aliphatic rings. The van der Waals surface area contributed by atoms with Gasteiger partial charge in [0.2, 0.25) is 0 Å². The maximum absolute atomic E-state index is 12.3. The Bertz CT molecular complexity index is 605. The summed E-state index contributed by atoms with van der Waals surface area (Å²) in [6, 6.07) is 4.36. The Kier molecular flexibility index (Phi) is 5.87. The zero-order valence-corrected chi connectivity index (χ0v) is 12.0. The fourth-order valence-electron chi connectivity index (χ4n) is 1.31. The number of nitrogens with two attached hydrogens (primary N) is 1. The lowest BCUT2D eigenvalue weighted by atomic mass is 10.1. The van der Waals surface area contributed by atoms with Gasteiger partial charge < -0.3 is 4.74 Å². The highest BCUT2D eigenvalue weighted by atomic mass is 32.2. The van der Waals surface area contributed by atoms with Crippen molar-refractivity contribution in [1.29, 1.82) is 0 Å². The van der Waals surface area contributed by atoms with Crippen LogP contribution in [0, 0.1) is 0 Å². The van der Waals surface area contributed by atoms with Crippen LogP contribution in [0.1, 0.15) is 18.1 Å². The molecule has 0 fully saturated rings. The second kappa shape index (κ2) is 7.01. The Hall–Kier alpha value is -1.45. The fourth-order valence-corrected chi connectivity index (χ4v) is 1.84. The molecule has 0 aliphatic heterocycles. The highest BCUT2D eigenvalue weighted by Gasteiger charge is 2.29. The zero-order valence-electron chi connectivity index (χ0n) is 11.2. The number of hydrogen-bond donors (Lipinski definition) is 1. The van der Waals surface area contributed by atoms with E-state index in [4.69, 9.17) is 9.88 Å². The summed E-state index contributed by atoms with van der Waals surface area (Å²) >= 11 is 0. The van der Waals surface area contributed by atoms with Crippen LogP contribution in [0.25, 0.3) is 0 Å². The lowest BCUT2D eigenvalue weighted by Gasteiger charge is -2.07. The van der Waals surface area contributed by atoms with Crippen LogP contribution in [0.15, 0.2) is 28.6 Å². The van der Waals surface area contributed by atoms with E-state index in [1.54, 1.807) is 0 Å². The van der Waals surface area contributed by atoms with Crippen molar-refractivity contribution in [1.82, 2.24) is 0 Å². The standard InChI is InChI=1S/C12H15F3N2O3S/c1-2-21(16,19)17-11(18)8-20-7-9-3-5-10(6-4-9)12(13,14)15/h3-6H,2,7-8H2,1H3,(H2,16,17,18,19).